The number of pyridine rings is 1. The number of carbonyl (C=O) groups is 1. The number of amides is 1. The zero-order valence-corrected chi connectivity index (χ0v) is 12.2. The molecule has 1 amide bonds. The van der Waals surface area contributed by atoms with Crippen molar-refractivity contribution in [3.8, 4) is 11.3 Å². The summed E-state index contributed by atoms with van der Waals surface area (Å²) in [4.78, 5) is 16.1. The Hall–Kier alpha value is -2.66. The molecule has 0 aliphatic carbocycles. The molecule has 0 bridgehead atoms. The molecular weight excluding hydrogens is 302 g/mol. The Morgan fingerprint density at radius 2 is 2.09 bits per heavy atom. The molecule has 0 spiro atoms. The van der Waals surface area contributed by atoms with Crippen molar-refractivity contribution in [3.05, 3.63) is 71.1 Å². The van der Waals surface area contributed by atoms with Crippen molar-refractivity contribution in [2.45, 2.75) is 6.54 Å². The van der Waals surface area contributed by atoms with Crippen molar-refractivity contribution in [1.29, 1.82) is 0 Å². The lowest BCUT2D eigenvalue weighted by atomic mass is 10.2. The lowest BCUT2D eigenvalue weighted by Crippen LogP contribution is -2.23. The number of nitrogens with one attached hydrogen (secondary N) is 1. The van der Waals surface area contributed by atoms with Gasteiger partial charge in [0.25, 0.3) is 5.91 Å². The predicted molar refractivity (Wildman–Crippen MR) is 82.4 cm³/mol. The molecule has 0 unspecified atom stereocenters. The van der Waals surface area contributed by atoms with Crippen LogP contribution < -0.4 is 5.32 Å². The third kappa shape index (κ3) is 3.15. The third-order valence-electron chi connectivity index (χ3n) is 3.09. The third-order valence-corrected chi connectivity index (χ3v) is 3.45. The van der Waals surface area contributed by atoms with E-state index in [1.807, 2.05) is 24.3 Å². The number of hydrogen-bond donors (Lipinski definition) is 1. The van der Waals surface area contributed by atoms with Gasteiger partial charge in [0, 0.05) is 35.6 Å². The quantitative estimate of drug-likeness (QED) is 0.802. The Morgan fingerprint density at radius 1 is 1.23 bits per heavy atom. The minimum atomic E-state index is -0.321. The van der Waals surface area contributed by atoms with Gasteiger partial charge in [-0.25, -0.2) is 0 Å². The number of benzene rings is 1. The summed E-state index contributed by atoms with van der Waals surface area (Å²) in [5.41, 5.74) is 1.82. The average molecular weight is 314 g/mol. The number of carbonyl (C=O) groups excluding carboxylic acids is 1. The summed E-state index contributed by atoms with van der Waals surface area (Å²) in [5.74, 6) is 0.176. The zero-order valence-electron chi connectivity index (χ0n) is 11.5. The van der Waals surface area contributed by atoms with Crippen molar-refractivity contribution in [2.24, 2.45) is 0 Å². The van der Waals surface area contributed by atoms with Crippen LogP contribution >= 0.6 is 11.6 Å². The van der Waals surface area contributed by atoms with Crippen molar-refractivity contribution in [1.82, 2.24) is 15.5 Å². The summed E-state index contributed by atoms with van der Waals surface area (Å²) in [6, 6.07) is 12.5. The lowest BCUT2D eigenvalue weighted by Gasteiger charge is -2.04. The highest BCUT2D eigenvalue weighted by atomic mass is 35.5. The van der Waals surface area contributed by atoms with Gasteiger partial charge < -0.3 is 9.84 Å². The molecule has 0 fully saturated rings. The van der Waals surface area contributed by atoms with Crippen molar-refractivity contribution >= 4 is 17.5 Å². The SMILES string of the molecule is O=C(NCc1ccccc1Cl)c1cc(-c2cccnc2)on1. The van der Waals surface area contributed by atoms with Crippen LogP contribution in [-0.4, -0.2) is 16.0 Å². The first-order valence-corrected chi connectivity index (χ1v) is 7.00. The molecule has 2 heterocycles. The fourth-order valence-corrected chi connectivity index (χ4v) is 2.14. The second-order valence-electron chi connectivity index (χ2n) is 4.59. The highest BCUT2D eigenvalue weighted by molar-refractivity contribution is 6.31. The van der Waals surface area contributed by atoms with Crippen LogP contribution in [0, 0.1) is 0 Å². The van der Waals surface area contributed by atoms with Crippen LogP contribution in [0.4, 0.5) is 0 Å². The van der Waals surface area contributed by atoms with E-state index in [0.717, 1.165) is 11.1 Å². The van der Waals surface area contributed by atoms with Gasteiger partial charge in [0.2, 0.25) is 0 Å². The van der Waals surface area contributed by atoms with Gasteiger partial charge in [0.05, 0.1) is 0 Å². The Labute approximate surface area is 131 Å². The summed E-state index contributed by atoms with van der Waals surface area (Å²) in [6.45, 7) is 0.327. The molecule has 1 aromatic carbocycles. The van der Waals surface area contributed by atoms with E-state index in [-0.39, 0.29) is 11.6 Å². The van der Waals surface area contributed by atoms with E-state index in [4.69, 9.17) is 16.1 Å². The normalized spacial score (nSPS) is 10.4. The maximum atomic E-state index is 12.1. The standard InChI is InChI=1S/C16H12ClN3O2/c17-13-6-2-1-4-11(13)10-19-16(21)14-8-15(22-20-14)12-5-3-7-18-9-12/h1-9H,10H2,(H,19,21). The fraction of sp³-hybridized carbons (Fsp3) is 0.0625. The van der Waals surface area contributed by atoms with Gasteiger partial charge >= 0.3 is 0 Å². The van der Waals surface area contributed by atoms with Crippen LogP contribution in [0.25, 0.3) is 11.3 Å². The second-order valence-corrected chi connectivity index (χ2v) is 5.00. The van der Waals surface area contributed by atoms with Gasteiger partial charge in [-0.05, 0) is 23.8 Å². The van der Waals surface area contributed by atoms with E-state index in [1.165, 1.54) is 0 Å². The fourth-order valence-electron chi connectivity index (χ4n) is 1.93. The predicted octanol–water partition coefficient (Wildman–Crippen LogP) is 3.32. The van der Waals surface area contributed by atoms with Crippen LogP contribution in [0.15, 0.2) is 59.4 Å². The van der Waals surface area contributed by atoms with Crippen LogP contribution in [0.5, 0.6) is 0 Å². The van der Waals surface area contributed by atoms with E-state index in [2.05, 4.69) is 15.5 Å². The first-order valence-electron chi connectivity index (χ1n) is 6.63. The first kappa shape index (κ1) is 14.3. The van der Waals surface area contributed by atoms with E-state index >= 15 is 0 Å². The van der Waals surface area contributed by atoms with Gasteiger partial charge in [-0.1, -0.05) is 35.0 Å². The molecule has 6 heteroatoms. The molecule has 0 aliphatic heterocycles. The van der Waals surface area contributed by atoms with Crippen molar-refractivity contribution < 1.29 is 9.32 Å². The maximum Gasteiger partial charge on any atom is 0.273 e. The summed E-state index contributed by atoms with van der Waals surface area (Å²) in [5, 5.41) is 7.15. The van der Waals surface area contributed by atoms with E-state index in [0.29, 0.717) is 17.3 Å². The first-order chi connectivity index (χ1) is 10.7. The zero-order chi connectivity index (χ0) is 15.4. The molecule has 0 saturated carbocycles. The van der Waals surface area contributed by atoms with Gasteiger partial charge in [-0.15, -0.1) is 0 Å². The topological polar surface area (TPSA) is 68.0 Å². The molecule has 0 aliphatic rings. The highest BCUT2D eigenvalue weighted by Crippen LogP contribution is 2.19. The molecule has 0 radical (unpaired) electrons. The van der Waals surface area contributed by atoms with Gasteiger partial charge in [-0.3, -0.25) is 9.78 Å². The highest BCUT2D eigenvalue weighted by Gasteiger charge is 2.13. The van der Waals surface area contributed by atoms with Crippen LogP contribution in [-0.2, 0) is 6.54 Å². The molecule has 5 nitrogen and oxygen atoms in total. The molecule has 0 atom stereocenters. The average Bonchev–Trinajstić information content (AvgIpc) is 3.05. The second kappa shape index (κ2) is 6.41. The number of halogens is 1. The summed E-state index contributed by atoms with van der Waals surface area (Å²) >= 11 is 6.05. The van der Waals surface area contributed by atoms with Crippen LogP contribution in [0.1, 0.15) is 16.1 Å². The van der Waals surface area contributed by atoms with Crippen LogP contribution in [0.3, 0.4) is 0 Å². The molecule has 22 heavy (non-hydrogen) atoms. The van der Waals surface area contributed by atoms with E-state index < -0.39 is 0 Å². The maximum absolute atomic E-state index is 12.1. The number of nitrogens with zero attached hydrogens (tertiary/aromatic N) is 2. The number of hydrogen-bond acceptors (Lipinski definition) is 4. The molecule has 3 aromatic rings. The summed E-state index contributed by atoms with van der Waals surface area (Å²) in [7, 11) is 0. The molecular formula is C16H12ClN3O2. The Morgan fingerprint density at radius 3 is 2.86 bits per heavy atom. The monoisotopic (exact) mass is 313 g/mol. The van der Waals surface area contributed by atoms with Gasteiger partial charge in [0.1, 0.15) is 0 Å². The molecule has 2 aromatic heterocycles. The summed E-state index contributed by atoms with van der Waals surface area (Å²) < 4.78 is 5.17. The Balaban J connectivity index is 1.69. The number of rotatable bonds is 4. The molecule has 3 rings (SSSR count). The Bertz CT molecular complexity index is 787. The molecule has 0 saturated heterocycles. The minimum absolute atomic E-state index is 0.214. The van der Waals surface area contributed by atoms with E-state index in [1.54, 1.807) is 30.6 Å². The van der Waals surface area contributed by atoms with Crippen molar-refractivity contribution in [3.63, 3.8) is 0 Å². The van der Waals surface area contributed by atoms with E-state index in [9.17, 15) is 4.79 Å². The van der Waals surface area contributed by atoms with Gasteiger partial charge in [0.15, 0.2) is 11.5 Å². The smallest absolute Gasteiger partial charge is 0.273 e. The lowest BCUT2D eigenvalue weighted by molar-refractivity contribution is 0.0942. The molecule has 110 valence electrons. The van der Waals surface area contributed by atoms with Gasteiger partial charge in [-0.2, -0.15) is 0 Å². The largest absolute Gasteiger partial charge is 0.355 e. The van der Waals surface area contributed by atoms with Crippen molar-refractivity contribution in [2.75, 3.05) is 0 Å². The summed E-state index contributed by atoms with van der Waals surface area (Å²) in [6.07, 6.45) is 3.31. The van der Waals surface area contributed by atoms with Crippen LogP contribution in [0.2, 0.25) is 5.02 Å². The number of aromatic nitrogens is 2. The molecule has 1 N–H and O–H groups in total. The minimum Gasteiger partial charge on any atom is -0.355 e. The Kier molecular flexibility index (Phi) is 4.16.